The molecular weight excluding hydrogens is 442 g/mol. The van der Waals surface area contributed by atoms with Gasteiger partial charge in [0.2, 0.25) is 5.91 Å². The molecule has 1 aliphatic rings. The number of anilines is 2. The van der Waals surface area contributed by atoms with Crippen molar-refractivity contribution in [1.29, 1.82) is 0 Å². The van der Waals surface area contributed by atoms with Gasteiger partial charge in [0.15, 0.2) is 0 Å². The van der Waals surface area contributed by atoms with Gasteiger partial charge in [0.05, 0.1) is 10.4 Å². The van der Waals surface area contributed by atoms with Crippen LogP contribution in [0.2, 0.25) is 0 Å². The van der Waals surface area contributed by atoms with Gasteiger partial charge in [-0.05, 0) is 61.4 Å². The third kappa shape index (κ3) is 6.35. The highest BCUT2D eigenvalue weighted by Gasteiger charge is 2.22. The van der Waals surface area contributed by atoms with Crippen LogP contribution in [0.5, 0.6) is 0 Å². The van der Waals surface area contributed by atoms with Gasteiger partial charge in [-0.2, -0.15) is 0 Å². The van der Waals surface area contributed by atoms with E-state index in [1.807, 2.05) is 32.3 Å². The van der Waals surface area contributed by atoms with E-state index in [2.05, 4.69) is 27.7 Å². The predicted octanol–water partition coefficient (Wildman–Crippen LogP) is 5.01. The summed E-state index contributed by atoms with van der Waals surface area (Å²) >= 11 is 0. The molecule has 0 radical (unpaired) electrons. The van der Waals surface area contributed by atoms with Crippen molar-refractivity contribution in [2.24, 2.45) is 5.92 Å². The summed E-state index contributed by atoms with van der Waals surface area (Å²) < 4.78 is 0. The SMILES string of the molecule is CN(C)c1cc(NC2CCC(CNC(=O)C=Cc3ccc([N+](=O)[O-])cc3)CC2)nc2ccccc12. The monoisotopic (exact) mass is 473 g/mol. The van der Waals surface area contributed by atoms with Crippen LogP contribution >= 0.6 is 0 Å². The molecule has 4 rings (SSSR count). The molecule has 0 spiro atoms. The molecule has 0 unspecified atom stereocenters. The number of nitro groups is 1. The normalized spacial score (nSPS) is 17.9. The third-order valence-corrected chi connectivity index (χ3v) is 6.47. The number of nitro benzene ring substituents is 1. The van der Waals surface area contributed by atoms with Crippen LogP contribution in [0, 0.1) is 16.0 Å². The van der Waals surface area contributed by atoms with Gasteiger partial charge in [0.25, 0.3) is 5.69 Å². The second kappa shape index (κ2) is 11.0. The van der Waals surface area contributed by atoms with E-state index in [1.165, 1.54) is 18.2 Å². The second-order valence-electron chi connectivity index (χ2n) is 9.23. The van der Waals surface area contributed by atoms with E-state index >= 15 is 0 Å². The zero-order chi connectivity index (χ0) is 24.8. The molecule has 8 nitrogen and oxygen atoms in total. The standard InChI is InChI=1S/C27H31N5O3/c1-31(2)25-17-26(30-24-6-4-3-5-23(24)25)29-21-12-7-20(8-13-21)18-28-27(33)16-11-19-9-14-22(15-10-19)32(34)35/h3-6,9-11,14-17,20-21H,7-8,12-13,18H2,1-2H3,(H,28,33)(H,29,30). The molecule has 1 aromatic heterocycles. The lowest BCUT2D eigenvalue weighted by atomic mass is 9.86. The number of nitrogens with one attached hydrogen (secondary N) is 2. The molecule has 1 aliphatic carbocycles. The van der Waals surface area contributed by atoms with Crippen molar-refractivity contribution >= 4 is 40.1 Å². The molecule has 2 N–H and O–H groups in total. The summed E-state index contributed by atoms with van der Waals surface area (Å²) in [5.41, 5.74) is 2.92. The average Bonchev–Trinajstić information content (AvgIpc) is 2.86. The molecular formula is C27H31N5O3. The van der Waals surface area contributed by atoms with Crippen LogP contribution in [-0.4, -0.2) is 42.5 Å². The molecule has 1 saturated carbocycles. The summed E-state index contributed by atoms with van der Waals surface area (Å²) in [6.45, 7) is 0.648. The van der Waals surface area contributed by atoms with E-state index < -0.39 is 4.92 Å². The number of hydrogen-bond acceptors (Lipinski definition) is 6. The van der Waals surface area contributed by atoms with E-state index in [1.54, 1.807) is 18.2 Å². The maximum absolute atomic E-state index is 12.2. The van der Waals surface area contributed by atoms with Crippen molar-refractivity contribution in [3.63, 3.8) is 0 Å². The lowest BCUT2D eigenvalue weighted by molar-refractivity contribution is -0.384. The zero-order valence-corrected chi connectivity index (χ0v) is 20.1. The molecule has 35 heavy (non-hydrogen) atoms. The number of aromatic nitrogens is 1. The lowest BCUT2D eigenvalue weighted by Gasteiger charge is -2.30. The molecule has 1 amide bonds. The van der Waals surface area contributed by atoms with Crippen LogP contribution in [0.3, 0.4) is 0 Å². The first-order valence-electron chi connectivity index (χ1n) is 11.9. The fourth-order valence-electron chi connectivity index (χ4n) is 4.50. The van der Waals surface area contributed by atoms with Crippen LogP contribution in [0.25, 0.3) is 17.0 Å². The number of carbonyl (C=O) groups is 1. The number of non-ortho nitro benzene ring substituents is 1. The minimum Gasteiger partial charge on any atom is -0.377 e. The molecule has 1 heterocycles. The molecule has 0 saturated heterocycles. The first-order chi connectivity index (χ1) is 16.9. The van der Waals surface area contributed by atoms with Crippen molar-refractivity contribution in [2.45, 2.75) is 31.7 Å². The zero-order valence-electron chi connectivity index (χ0n) is 20.1. The largest absolute Gasteiger partial charge is 0.377 e. The summed E-state index contributed by atoms with van der Waals surface area (Å²) in [6.07, 6.45) is 7.28. The van der Waals surface area contributed by atoms with Gasteiger partial charge in [-0.15, -0.1) is 0 Å². The highest BCUT2D eigenvalue weighted by atomic mass is 16.6. The van der Waals surface area contributed by atoms with Gasteiger partial charge in [-0.1, -0.05) is 18.2 Å². The number of para-hydroxylation sites is 1. The summed E-state index contributed by atoms with van der Waals surface area (Å²) in [5.74, 6) is 1.20. The number of amides is 1. The summed E-state index contributed by atoms with van der Waals surface area (Å²) in [6, 6.07) is 16.8. The van der Waals surface area contributed by atoms with E-state index in [0.29, 0.717) is 18.5 Å². The van der Waals surface area contributed by atoms with E-state index in [4.69, 9.17) is 4.98 Å². The summed E-state index contributed by atoms with van der Waals surface area (Å²) in [5, 5.41) is 18.5. The fraction of sp³-hybridized carbons (Fsp3) is 0.333. The van der Waals surface area contributed by atoms with Crippen molar-refractivity contribution in [3.05, 3.63) is 76.4 Å². The number of hydrogen-bond donors (Lipinski definition) is 2. The lowest BCUT2D eigenvalue weighted by Crippen LogP contribution is -2.33. The van der Waals surface area contributed by atoms with Crippen molar-refractivity contribution in [1.82, 2.24) is 10.3 Å². The van der Waals surface area contributed by atoms with Gasteiger partial charge in [0.1, 0.15) is 5.82 Å². The van der Waals surface area contributed by atoms with Crippen LogP contribution in [0.15, 0.2) is 60.7 Å². The first-order valence-corrected chi connectivity index (χ1v) is 11.9. The van der Waals surface area contributed by atoms with Gasteiger partial charge in [-0.3, -0.25) is 14.9 Å². The molecule has 0 aliphatic heterocycles. The maximum Gasteiger partial charge on any atom is 0.269 e. The highest BCUT2D eigenvalue weighted by Crippen LogP contribution is 2.30. The van der Waals surface area contributed by atoms with Crippen LogP contribution in [0.4, 0.5) is 17.2 Å². The Morgan fingerprint density at radius 1 is 1.11 bits per heavy atom. The Kier molecular flexibility index (Phi) is 7.60. The minimum atomic E-state index is -0.441. The van der Waals surface area contributed by atoms with Crippen LogP contribution < -0.4 is 15.5 Å². The van der Waals surface area contributed by atoms with Crippen LogP contribution in [-0.2, 0) is 4.79 Å². The van der Waals surface area contributed by atoms with E-state index in [0.717, 1.165) is 53.7 Å². The van der Waals surface area contributed by atoms with Crippen molar-refractivity contribution < 1.29 is 9.72 Å². The van der Waals surface area contributed by atoms with E-state index in [9.17, 15) is 14.9 Å². The first kappa shape index (κ1) is 24.2. The highest BCUT2D eigenvalue weighted by molar-refractivity contribution is 5.93. The summed E-state index contributed by atoms with van der Waals surface area (Å²) in [7, 11) is 4.10. The van der Waals surface area contributed by atoms with Gasteiger partial charge >= 0.3 is 0 Å². The maximum atomic E-state index is 12.2. The molecule has 3 aromatic rings. The second-order valence-corrected chi connectivity index (χ2v) is 9.23. The van der Waals surface area contributed by atoms with Crippen molar-refractivity contribution in [3.8, 4) is 0 Å². The van der Waals surface area contributed by atoms with E-state index in [-0.39, 0.29) is 11.6 Å². The molecule has 8 heteroatoms. The van der Waals surface area contributed by atoms with Gasteiger partial charge < -0.3 is 15.5 Å². The molecule has 1 fully saturated rings. The summed E-state index contributed by atoms with van der Waals surface area (Å²) in [4.78, 5) is 29.4. The number of fused-ring (bicyclic) bond motifs is 1. The quantitative estimate of drug-likeness (QED) is 0.271. The predicted molar refractivity (Wildman–Crippen MR) is 141 cm³/mol. The smallest absolute Gasteiger partial charge is 0.269 e. The number of nitrogens with zero attached hydrogens (tertiary/aromatic N) is 3. The third-order valence-electron chi connectivity index (χ3n) is 6.47. The Morgan fingerprint density at radius 2 is 1.83 bits per heavy atom. The molecule has 0 atom stereocenters. The van der Waals surface area contributed by atoms with Gasteiger partial charge in [-0.25, -0.2) is 4.98 Å². The topological polar surface area (TPSA) is 100 Å². The van der Waals surface area contributed by atoms with Crippen LogP contribution in [0.1, 0.15) is 31.2 Å². The fourth-order valence-corrected chi connectivity index (χ4v) is 4.50. The Balaban J connectivity index is 1.25. The number of pyridine rings is 1. The Hall–Kier alpha value is -3.94. The molecule has 182 valence electrons. The Morgan fingerprint density at radius 3 is 2.51 bits per heavy atom. The average molecular weight is 474 g/mol. The molecule has 0 bridgehead atoms. The Labute approximate surface area is 205 Å². The molecule has 2 aromatic carbocycles. The number of benzene rings is 2. The Bertz CT molecular complexity index is 1220. The minimum absolute atomic E-state index is 0.0335. The number of carbonyl (C=O) groups excluding carboxylic acids is 1. The van der Waals surface area contributed by atoms with Crippen molar-refractivity contribution in [2.75, 3.05) is 30.9 Å². The number of rotatable bonds is 8. The van der Waals surface area contributed by atoms with Gasteiger partial charge in [0, 0.05) is 62.0 Å².